The summed E-state index contributed by atoms with van der Waals surface area (Å²) in [6.07, 6.45) is 4.60. The summed E-state index contributed by atoms with van der Waals surface area (Å²) in [5, 5.41) is 13.6. The molecule has 0 aliphatic carbocycles. The van der Waals surface area contributed by atoms with Gasteiger partial charge in [0.25, 0.3) is 5.69 Å². The van der Waals surface area contributed by atoms with Crippen LogP contribution in [0.15, 0.2) is 24.4 Å². The lowest BCUT2D eigenvalue weighted by Crippen LogP contribution is -2.07. The number of fused-ring (bicyclic) bond motifs is 1. The Hall–Kier alpha value is -1.84. The minimum Gasteiger partial charge on any atom is -0.391 e. The molecule has 0 unspecified atom stereocenters. The third-order valence-corrected chi connectivity index (χ3v) is 2.26. The summed E-state index contributed by atoms with van der Waals surface area (Å²) >= 11 is 0. The van der Waals surface area contributed by atoms with Gasteiger partial charge in [-0.2, -0.15) is 0 Å². The Labute approximate surface area is 81.4 Å². The maximum atomic E-state index is 10.5. The van der Waals surface area contributed by atoms with Crippen LogP contribution in [0.5, 0.6) is 0 Å². The Morgan fingerprint density at radius 3 is 3.07 bits per heavy atom. The normalized spacial score (nSPS) is 14.0. The zero-order valence-corrected chi connectivity index (χ0v) is 7.56. The van der Waals surface area contributed by atoms with Crippen molar-refractivity contribution in [1.82, 2.24) is 5.32 Å². The number of non-ortho nitro benzene ring substituents is 1. The number of nitro benzene ring substituents is 1. The summed E-state index contributed by atoms with van der Waals surface area (Å²) < 4.78 is 0. The molecule has 1 heterocycles. The summed E-state index contributed by atoms with van der Waals surface area (Å²) in [4.78, 5) is 10.2. The zero-order valence-electron chi connectivity index (χ0n) is 7.56. The van der Waals surface area contributed by atoms with Crippen LogP contribution in [0.25, 0.3) is 6.08 Å². The van der Waals surface area contributed by atoms with Gasteiger partial charge in [0.15, 0.2) is 0 Å². The quantitative estimate of drug-likeness (QED) is 0.541. The summed E-state index contributed by atoms with van der Waals surface area (Å²) in [7, 11) is 0. The van der Waals surface area contributed by atoms with E-state index in [0.29, 0.717) is 0 Å². The van der Waals surface area contributed by atoms with E-state index in [-0.39, 0.29) is 10.6 Å². The monoisotopic (exact) mass is 190 g/mol. The third kappa shape index (κ3) is 1.59. The fourth-order valence-electron chi connectivity index (χ4n) is 1.52. The highest BCUT2D eigenvalue weighted by Gasteiger charge is 2.09. The van der Waals surface area contributed by atoms with Gasteiger partial charge in [0.2, 0.25) is 0 Å². The van der Waals surface area contributed by atoms with E-state index in [0.717, 1.165) is 24.1 Å². The molecule has 1 aliphatic rings. The molecule has 0 saturated heterocycles. The molecule has 0 spiro atoms. The molecule has 4 nitrogen and oxygen atoms in total. The summed E-state index contributed by atoms with van der Waals surface area (Å²) in [5.74, 6) is 0. The highest BCUT2D eigenvalue weighted by atomic mass is 16.6. The highest BCUT2D eigenvalue weighted by Crippen LogP contribution is 2.20. The smallest absolute Gasteiger partial charge is 0.270 e. The average Bonchev–Trinajstić information content (AvgIpc) is 2.41. The molecule has 4 heteroatoms. The number of nitro groups is 1. The van der Waals surface area contributed by atoms with E-state index >= 15 is 0 Å². The lowest BCUT2D eigenvalue weighted by molar-refractivity contribution is -0.384. The molecule has 1 N–H and O–H groups in total. The lowest BCUT2D eigenvalue weighted by atomic mass is 10.0. The number of nitrogens with one attached hydrogen (secondary N) is 1. The second kappa shape index (κ2) is 3.49. The molecule has 1 aliphatic heterocycles. The molecular formula is C10H10N2O2. The Morgan fingerprint density at radius 1 is 1.43 bits per heavy atom. The number of rotatable bonds is 1. The van der Waals surface area contributed by atoms with Crippen molar-refractivity contribution in [2.45, 2.75) is 6.42 Å². The number of hydrogen-bond acceptors (Lipinski definition) is 3. The van der Waals surface area contributed by atoms with Crippen molar-refractivity contribution in [3.8, 4) is 0 Å². The van der Waals surface area contributed by atoms with Gasteiger partial charge in [-0.25, -0.2) is 0 Å². The second-order valence-electron chi connectivity index (χ2n) is 3.18. The van der Waals surface area contributed by atoms with Gasteiger partial charge in [-0.3, -0.25) is 10.1 Å². The van der Waals surface area contributed by atoms with Crippen LogP contribution in [-0.2, 0) is 6.42 Å². The van der Waals surface area contributed by atoms with Crippen molar-refractivity contribution in [3.63, 3.8) is 0 Å². The van der Waals surface area contributed by atoms with Crippen LogP contribution in [0.4, 0.5) is 5.69 Å². The van der Waals surface area contributed by atoms with Crippen LogP contribution in [0, 0.1) is 10.1 Å². The van der Waals surface area contributed by atoms with Crippen LogP contribution >= 0.6 is 0 Å². The van der Waals surface area contributed by atoms with Gasteiger partial charge in [0, 0.05) is 18.7 Å². The molecule has 1 aromatic carbocycles. The number of nitrogens with zero attached hydrogens (tertiary/aromatic N) is 1. The Kier molecular flexibility index (Phi) is 2.18. The van der Waals surface area contributed by atoms with E-state index < -0.39 is 0 Å². The third-order valence-electron chi connectivity index (χ3n) is 2.26. The van der Waals surface area contributed by atoms with E-state index in [1.807, 2.05) is 18.3 Å². The fourth-order valence-corrected chi connectivity index (χ4v) is 1.52. The van der Waals surface area contributed by atoms with E-state index in [2.05, 4.69) is 5.32 Å². The van der Waals surface area contributed by atoms with E-state index in [1.54, 1.807) is 12.1 Å². The van der Waals surface area contributed by atoms with E-state index in [1.165, 1.54) is 0 Å². The first-order valence-electron chi connectivity index (χ1n) is 4.44. The van der Waals surface area contributed by atoms with Gasteiger partial charge in [0.05, 0.1) is 4.92 Å². The van der Waals surface area contributed by atoms with Gasteiger partial charge in [-0.05, 0) is 29.8 Å². The Morgan fingerprint density at radius 2 is 2.29 bits per heavy atom. The largest absolute Gasteiger partial charge is 0.391 e. The minimum absolute atomic E-state index is 0.148. The van der Waals surface area contributed by atoms with Crippen molar-refractivity contribution in [3.05, 3.63) is 45.6 Å². The van der Waals surface area contributed by atoms with Crippen molar-refractivity contribution >= 4 is 11.8 Å². The summed E-state index contributed by atoms with van der Waals surface area (Å²) in [6.45, 7) is 0.876. The predicted octanol–water partition coefficient (Wildman–Crippen LogP) is 1.71. The predicted molar refractivity (Wildman–Crippen MR) is 53.8 cm³/mol. The first kappa shape index (κ1) is 8.74. The first-order chi connectivity index (χ1) is 6.77. The van der Waals surface area contributed by atoms with Gasteiger partial charge in [0.1, 0.15) is 0 Å². The van der Waals surface area contributed by atoms with Crippen molar-refractivity contribution in [2.75, 3.05) is 6.54 Å². The highest BCUT2D eigenvalue weighted by molar-refractivity contribution is 5.58. The second-order valence-corrected chi connectivity index (χ2v) is 3.18. The minimum atomic E-state index is -0.369. The maximum absolute atomic E-state index is 10.5. The maximum Gasteiger partial charge on any atom is 0.270 e. The molecule has 72 valence electrons. The van der Waals surface area contributed by atoms with Crippen LogP contribution in [0.2, 0.25) is 0 Å². The molecule has 1 aromatic rings. The SMILES string of the molecule is O=[N+]([O-])c1ccc2c(c1)C=CNCC2. The van der Waals surface area contributed by atoms with Gasteiger partial charge < -0.3 is 5.32 Å². The lowest BCUT2D eigenvalue weighted by Gasteiger charge is -2.02. The van der Waals surface area contributed by atoms with Gasteiger partial charge in [-0.15, -0.1) is 0 Å². The van der Waals surface area contributed by atoms with Gasteiger partial charge >= 0.3 is 0 Å². The summed E-state index contributed by atoms with van der Waals surface area (Å²) in [5.41, 5.74) is 2.23. The van der Waals surface area contributed by atoms with Crippen molar-refractivity contribution in [1.29, 1.82) is 0 Å². The number of hydrogen-bond donors (Lipinski definition) is 1. The number of benzene rings is 1. The zero-order chi connectivity index (χ0) is 9.97. The van der Waals surface area contributed by atoms with Crippen LogP contribution in [-0.4, -0.2) is 11.5 Å². The molecule has 2 rings (SSSR count). The summed E-state index contributed by atoms with van der Waals surface area (Å²) in [6, 6.07) is 4.99. The van der Waals surface area contributed by atoms with Crippen molar-refractivity contribution in [2.24, 2.45) is 0 Å². The van der Waals surface area contributed by atoms with Gasteiger partial charge in [-0.1, -0.05) is 6.07 Å². The fraction of sp³-hybridized carbons (Fsp3) is 0.200. The molecular weight excluding hydrogens is 180 g/mol. The Bertz CT molecular complexity index is 399. The standard InChI is InChI=1S/C10H10N2O2/c13-12(14)10-2-1-8-3-5-11-6-4-9(8)7-10/h1-2,4,6-7,11H,3,5H2. The van der Waals surface area contributed by atoms with Crippen LogP contribution in [0.1, 0.15) is 11.1 Å². The Balaban J connectivity index is 2.45. The first-order valence-corrected chi connectivity index (χ1v) is 4.44. The molecule has 0 amide bonds. The topological polar surface area (TPSA) is 55.2 Å². The molecule has 0 radical (unpaired) electrons. The molecule has 14 heavy (non-hydrogen) atoms. The molecule has 0 aromatic heterocycles. The molecule has 0 atom stereocenters. The van der Waals surface area contributed by atoms with Crippen LogP contribution in [0.3, 0.4) is 0 Å². The van der Waals surface area contributed by atoms with Crippen molar-refractivity contribution < 1.29 is 4.92 Å². The van der Waals surface area contributed by atoms with E-state index in [9.17, 15) is 10.1 Å². The van der Waals surface area contributed by atoms with E-state index in [4.69, 9.17) is 0 Å². The van der Waals surface area contributed by atoms with Crippen LogP contribution < -0.4 is 5.32 Å². The average molecular weight is 190 g/mol. The molecule has 0 saturated carbocycles. The molecule has 0 bridgehead atoms. The molecule has 0 fully saturated rings.